The highest BCUT2D eigenvalue weighted by Crippen LogP contribution is 2.28. The van der Waals surface area contributed by atoms with Gasteiger partial charge in [-0.25, -0.2) is 4.39 Å². The summed E-state index contributed by atoms with van der Waals surface area (Å²) >= 11 is 0. The zero-order valence-electron chi connectivity index (χ0n) is 16.8. The fourth-order valence-electron chi connectivity index (χ4n) is 4.71. The summed E-state index contributed by atoms with van der Waals surface area (Å²) in [5.74, 6) is -0.228. The molecule has 1 aromatic carbocycles. The number of hydrogen-bond donors (Lipinski definition) is 3. The molecule has 1 aromatic rings. The first kappa shape index (κ1) is 21.0. The van der Waals surface area contributed by atoms with Crippen LogP contribution in [-0.4, -0.2) is 98.1 Å². The zero-order chi connectivity index (χ0) is 20.2. The highest BCUT2D eigenvalue weighted by atomic mass is 19.1. The fraction of sp³-hybridized carbons (Fsp3) is 0.714. The Hall–Kier alpha value is -1.29. The average Bonchev–Trinajstić information content (AvgIpc) is 3.09. The van der Waals surface area contributed by atoms with Crippen LogP contribution in [-0.2, 0) is 9.47 Å². The summed E-state index contributed by atoms with van der Waals surface area (Å²) in [4.78, 5) is 4.51. The molecule has 4 rings (SSSR count). The van der Waals surface area contributed by atoms with Crippen molar-refractivity contribution in [3.05, 3.63) is 30.1 Å². The molecule has 0 saturated carbocycles. The number of hydrogen-bond acceptors (Lipinski definition) is 7. The van der Waals surface area contributed by atoms with Crippen LogP contribution in [0.4, 0.5) is 10.1 Å². The summed E-state index contributed by atoms with van der Waals surface area (Å²) in [6.07, 6.45) is 0.553. The van der Waals surface area contributed by atoms with E-state index < -0.39 is 12.2 Å². The van der Waals surface area contributed by atoms with Gasteiger partial charge in [-0.1, -0.05) is 0 Å². The molecule has 0 unspecified atom stereocenters. The largest absolute Gasteiger partial charge is 0.394 e. The van der Waals surface area contributed by atoms with Crippen LogP contribution in [0.15, 0.2) is 24.3 Å². The van der Waals surface area contributed by atoms with Gasteiger partial charge in [0, 0.05) is 57.7 Å². The smallest absolute Gasteiger partial charge is 0.123 e. The van der Waals surface area contributed by atoms with Gasteiger partial charge in [0.25, 0.3) is 0 Å². The van der Waals surface area contributed by atoms with Crippen LogP contribution in [0.1, 0.15) is 12.8 Å². The maximum absolute atomic E-state index is 13.2. The van der Waals surface area contributed by atoms with Crippen molar-refractivity contribution in [2.45, 2.75) is 43.2 Å². The summed E-state index contributed by atoms with van der Waals surface area (Å²) in [5, 5.41) is 24.0. The monoisotopic (exact) mass is 409 g/mol. The second-order valence-corrected chi connectivity index (χ2v) is 8.17. The molecule has 3 saturated heterocycles. The van der Waals surface area contributed by atoms with Gasteiger partial charge in [0.2, 0.25) is 0 Å². The number of benzene rings is 1. The van der Waals surface area contributed by atoms with Crippen molar-refractivity contribution in [3.63, 3.8) is 0 Å². The first-order valence-electron chi connectivity index (χ1n) is 10.7. The van der Waals surface area contributed by atoms with Crippen molar-refractivity contribution >= 4 is 5.69 Å². The highest BCUT2D eigenvalue weighted by Gasteiger charge is 2.46. The van der Waals surface area contributed by atoms with Crippen LogP contribution in [0.25, 0.3) is 0 Å². The van der Waals surface area contributed by atoms with Crippen LogP contribution < -0.4 is 10.2 Å². The Kier molecular flexibility index (Phi) is 7.00. The molecule has 29 heavy (non-hydrogen) atoms. The van der Waals surface area contributed by atoms with Crippen molar-refractivity contribution in [1.29, 1.82) is 0 Å². The standard InChI is InChI=1S/C21H32FN3O4/c22-15-1-3-17(4-2-15)24-7-9-25(10-8-24)20-18(29-19(14-26)21(20)27)13-23-16-5-11-28-12-6-16/h1-4,16,18-21,23,26-27H,5-14H2/t18-,19+,20-,21-/m1/s1. The molecule has 0 radical (unpaired) electrons. The average molecular weight is 410 g/mol. The van der Waals surface area contributed by atoms with E-state index in [9.17, 15) is 14.6 Å². The Labute approximate surface area is 171 Å². The van der Waals surface area contributed by atoms with Gasteiger partial charge < -0.3 is 29.9 Å². The zero-order valence-corrected chi connectivity index (χ0v) is 16.8. The lowest BCUT2D eigenvalue weighted by Gasteiger charge is -2.41. The number of ether oxygens (including phenoxy) is 2. The van der Waals surface area contributed by atoms with Crippen LogP contribution in [0.5, 0.6) is 0 Å². The van der Waals surface area contributed by atoms with Crippen molar-refractivity contribution < 1.29 is 24.1 Å². The number of aliphatic hydroxyl groups is 2. The highest BCUT2D eigenvalue weighted by molar-refractivity contribution is 5.46. The predicted molar refractivity (Wildman–Crippen MR) is 108 cm³/mol. The Morgan fingerprint density at radius 3 is 2.38 bits per heavy atom. The number of aliphatic hydroxyl groups excluding tert-OH is 2. The molecule has 8 heteroatoms. The van der Waals surface area contributed by atoms with Gasteiger partial charge in [-0.15, -0.1) is 0 Å². The molecule has 162 valence electrons. The van der Waals surface area contributed by atoms with E-state index in [0.717, 1.165) is 57.9 Å². The summed E-state index contributed by atoms with van der Waals surface area (Å²) in [7, 11) is 0. The molecular formula is C21H32FN3O4. The van der Waals surface area contributed by atoms with Gasteiger partial charge in [0.05, 0.1) is 18.8 Å². The van der Waals surface area contributed by atoms with Crippen molar-refractivity contribution in [2.75, 3.05) is 57.4 Å². The van der Waals surface area contributed by atoms with Crippen LogP contribution in [0.2, 0.25) is 0 Å². The van der Waals surface area contributed by atoms with Crippen molar-refractivity contribution in [3.8, 4) is 0 Å². The lowest BCUT2D eigenvalue weighted by molar-refractivity contribution is -0.0229. The van der Waals surface area contributed by atoms with Gasteiger partial charge in [0.15, 0.2) is 0 Å². The number of halogens is 1. The molecule has 0 bridgehead atoms. The number of anilines is 1. The maximum Gasteiger partial charge on any atom is 0.123 e. The summed E-state index contributed by atoms with van der Waals surface area (Å²) in [5.41, 5.74) is 1.01. The van der Waals surface area contributed by atoms with E-state index >= 15 is 0 Å². The third-order valence-corrected chi connectivity index (χ3v) is 6.40. The van der Waals surface area contributed by atoms with E-state index in [4.69, 9.17) is 9.47 Å². The Morgan fingerprint density at radius 1 is 1.03 bits per heavy atom. The first-order valence-corrected chi connectivity index (χ1v) is 10.7. The minimum absolute atomic E-state index is 0.144. The maximum atomic E-state index is 13.2. The van der Waals surface area contributed by atoms with E-state index in [1.54, 1.807) is 12.1 Å². The minimum Gasteiger partial charge on any atom is -0.394 e. The van der Waals surface area contributed by atoms with E-state index in [1.165, 1.54) is 12.1 Å². The van der Waals surface area contributed by atoms with Gasteiger partial charge in [0.1, 0.15) is 18.0 Å². The summed E-state index contributed by atoms with van der Waals surface area (Å²) in [6, 6.07) is 6.85. The summed E-state index contributed by atoms with van der Waals surface area (Å²) in [6.45, 7) is 5.21. The molecule has 7 nitrogen and oxygen atoms in total. The van der Waals surface area contributed by atoms with E-state index in [2.05, 4.69) is 15.1 Å². The van der Waals surface area contributed by atoms with Gasteiger partial charge in [-0.05, 0) is 37.1 Å². The lowest BCUT2D eigenvalue weighted by Crippen LogP contribution is -2.57. The molecule has 0 amide bonds. The van der Waals surface area contributed by atoms with Crippen LogP contribution in [0.3, 0.4) is 0 Å². The molecule has 3 aliphatic rings. The second-order valence-electron chi connectivity index (χ2n) is 8.17. The van der Waals surface area contributed by atoms with E-state index in [0.29, 0.717) is 12.6 Å². The predicted octanol–water partition coefficient (Wildman–Crippen LogP) is 0.206. The number of rotatable bonds is 6. The molecule has 0 spiro atoms. The molecular weight excluding hydrogens is 377 g/mol. The minimum atomic E-state index is -0.709. The first-order chi connectivity index (χ1) is 14.2. The molecule has 0 aliphatic carbocycles. The fourth-order valence-corrected chi connectivity index (χ4v) is 4.71. The van der Waals surface area contributed by atoms with Gasteiger partial charge in [-0.2, -0.15) is 0 Å². The van der Waals surface area contributed by atoms with E-state index in [1.807, 2.05) is 0 Å². The Morgan fingerprint density at radius 2 is 1.72 bits per heavy atom. The quantitative estimate of drug-likeness (QED) is 0.620. The number of piperazine rings is 1. The topological polar surface area (TPSA) is 77.4 Å². The second kappa shape index (κ2) is 9.68. The third-order valence-electron chi connectivity index (χ3n) is 6.40. The Bertz CT molecular complexity index is 635. The van der Waals surface area contributed by atoms with Crippen molar-refractivity contribution in [1.82, 2.24) is 10.2 Å². The lowest BCUT2D eigenvalue weighted by atomic mass is 10.0. The third kappa shape index (κ3) is 4.90. The molecule has 3 heterocycles. The normalized spacial score (nSPS) is 32.0. The summed E-state index contributed by atoms with van der Waals surface area (Å²) < 4.78 is 24.6. The molecule has 3 aliphatic heterocycles. The van der Waals surface area contributed by atoms with Gasteiger partial charge in [-0.3, -0.25) is 4.90 Å². The van der Waals surface area contributed by atoms with E-state index in [-0.39, 0.29) is 24.6 Å². The Balaban J connectivity index is 1.36. The van der Waals surface area contributed by atoms with Crippen LogP contribution in [0, 0.1) is 5.82 Å². The van der Waals surface area contributed by atoms with Gasteiger partial charge >= 0.3 is 0 Å². The molecule has 0 aromatic heterocycles. The molecule has 4 atom stereocenters. The van der Waals surface area contributed by atoms with Crippen molar-refractivity contribution in [2.24, 2.45) is 0 Å². The number of nitrogens with one attached hydrogen (secondary N) is 1. The SMILES string of the molecule is OC[C@@H]1O[C@H](CNC2CCOCC2)[C@@H](N2CCN(c3ccc(F)cc3)CC2)[C@@H]1O. The molecule has 3 fully saturated rings. The number of nitrogens with zero attached hydrogens (tertiary/aromatic N) is 2. The van der Waals surface area contributed by atoms with Crippen LogP contribution >= 0.6 is 0 Å². The molecule has 3 N–H and O–H groups in total.